The number of aromatic nitrogens is 3. The van der Waals surface area contributed by atoms with Gasteiger partial charge in [-0.05, 0) is 68.4 Å². The largest absolute Gasteiger partial charge is 0.465 e. The molecule has 0 aliphatic carbocycles. The van der Waals surface area contributed by atoms with E-state index in [-0.39, 0.29) is 17.5 Å². The van der Waals surface area contributed by atoms with Crippen LogP contribution in [0.4, 0.5) is 16.3 Å². The normalized spacial score (nSPS) is 19.1. The zero-order chi connectivity index (χ0) is 29.3. The van der Waals surface area contributed by atoms with Crippen molar-refractivity contribution in [2.45, 2.75) is 65.0 Å². The molecule has 220 valence electrons. The number of benzene rings is 1. The van der Waals surface area contributed by atoms with Crippen LogP contribution < -0.4 is 10.9 Å². The number of likely N-dealkylation sites (tertiary alicyclic amines) is 1. The lowest BCUT2D eigenvalue weighted by Gasteiger charge is -2.41. The summed E-state index contributed by atoms with van der Waals surface area (Å²) in [5.41, 5.74) is 2.25. The quantitative estimate of drug-likeness (QED) is 0.384. The van der Waals surface area contributed by atoms with E-state index in [1.807, 2.05) is 40.8 Å². The van der Waals surface area contributed by atoms with Crippen molar-refractivity contribution in [2.75, 3.05) is 38.2 Å². The first kappa shape index (κ1) is 28.7. The Hall–Kier alpha value is -3.86. The topological polar surface area (TPSA) is 133 Å². The van der Waals surface area contributed by atoms with E-state index >= 15 is 0 Å². The van der Waals surface area contributed by atoms with Gasteiger partial charge in [-0.15, -0.1) is 0 Å². The van der Waals surface area contributed by atoms with Gasteiger partial charge in [-0.2, -0.15) is 5.10 Å². The van der Waals surface area contributed by atoms with Crippen LogP contribution in [0.1, 0.15) is 62.4 Å². The van der Waals surface area contributed by atoms with Crippen molar-refractivity contribution in [3.8, 4) is 0 Å². The molecular weight excluding hydrogens is 524 g/mol. The first-order valence-corrected chi connectivity index (χ1v) is 14.5. The Kier molecular flexibility index (Phi) is 8.08. The maximum absolute atomic E-state index is 13.6. The second kappa shape index (κ2) is 11.6. The van der Waals surface area contributed by atoms with Crippen LogP contribution in [0.25, 0.3) is 10.9 Å². The second-order valence-electron chi connectivity index (χ2n) is 11.7. The first-order valence-electron chi connectivity index (χ1n) is 14.5. The van der Waals surface area contributed by atoms with Crippen molar-refractivity contribution in [2.24, 2.45) is 5.92 Å². The van der Waals surface area contributed by atoms with E-state index in [0.717, 1.165) is 24.1 Å². The Bertz CT molecular complexity index is 1490. The predicted molar refractivity (Wildman–Crippen MR) is 157 cm³/mol. The molecule has 0 spiro atoms. The number of pyridine rings is 1. The number of carboxylic acid groups (broad SMARTS) is 1. The average molecular weight is 565 g/mol. The van der Waals surface area contributed by atoms with Gasteiger partial charge in [0.1, 0.15) is 5.39 Å². The van der Waals surface area contributed by atoms with E-state index in [4.69, 9.17) is 9.84 Å². The minimum absolute atomic E-state index is 0.00626. The molecule has 2 amide bonds. The molecule has 0 bridgehead atoms. The molecule has 11 nitrogen and oxygen atoms in total. The molecule has 2 aromatic heterocycles. The maximum atomic E-state index is 13.6. The van der Waals surface area contributed by atoms with Crippen molar-refractivity contribution in [3.05, 3.63) is 51.9 Å². The number of hydrogen-bond acceptors (Lipinski definition) is 6. The molecule has 2 aliphatic heterocycles. The van der Waals surface area contributed by atoms with Crippen molar-refractivity contribution in [1.29, 1.82) is 0 Å². The Morgan fingerprint density at radius 2 is 1.98 bits per heavy atom. The van der Waals surface area contributed by atoms with E-state index in [2.05, 4.69) is 31.1 Å². The summed E-state index contributed by atoms with van der Waals surface area (Å²) in [6.07, 6.45) is 3.55. The number of carbonyl (C=O) groups is 2. The van der Waals surface area contributed by atoms with Gasteiger partial charge in [-0.1, -0.05) is 20.8 Å². The van der Waals surface area contributed by atoms with E-state index < -0.39 is 11.6 Å². The molecule has 5 rings (SSSR count). The number of nitrogens with one attached hydrogen (secondary N) is 2. The van der Waals surface area contributed by atoms with Gasteiger partial charge in [-0.25, -0.2) is 4.79 Å². The molecule has 1 unspecified atom stereocenters. The lowest BCUT2D eigenvalue weighted by atomic mass is 9.85. The lowest BCUT2D eigenvalue weighted by Crippen LogP contribution is -2.49. The highest BCUT2D eigenvalue weighted by molar-refractivity contribution is 5.97. The predicted octanol–water partition coefficient (Wildman–Crippen LogP) is 4.54. The number of morpholine rings is 1. The number of carbonyl (C=O) groups excluding carboxylic acids is 1. The monoisotopic (exact) mass is 564 g/mol. The summed E-state index contributed by atoms with van der Waals surface area (Å²) in [7, 11) is 0. The van der Waals surface area contributed by atoms with Crippen molar-refractivity contribution < 1.29 is 19.4 Å². The zero-order valence-electron chi connectivity index (χ0n) is 24.3. The summed E-state index contributed by atoms with van der Waals surface area (Å²) < 4.78 is 7.58. The Morgan fingerprint density at radius 3 is 2.63 bits per heavy atom. The number of H-pyrrole nitrogens is 1. The van der Waals surface area contributed by atoms with E-state index in [1.165, 1.54) is 4.90 Å². The molecule has 11 heteroatoms. The number of nitrogens with zero attached hydrogens (tertiary/aromatic N) is 4. The number of rotatable bonds is 7. The van der Waals surface area contributed by atoms with Gasteiger partial charge >= 0.3 is 6.09 Å². The molecule has 2 aliphatic rings. The number of amides is 2. The van der Waals surface area contributed by atoms with Gasteiger partial charge in [0.15, 0.2) is 5.82 Å². The summed E-state index contributed by atoms with van der Waals surface area (Å²) in [6.45, 7) is 10.8. The smallest absolute Gasteiger partial charge is 0.407 e. The fraction of sp³-hybridized carbons (Fsp3) is 0.533. The molecule has 1 atom stereocenters. The number of fused-ring (bicyclic) bond motifs is 1. The molecule has 3 N–H and O–H groups in total. The molecule has 4 heterocycles. The molecule has 0 radical (unpaired) electrons. The molecule has 3 aromatic rings. The molecule has 2 fully saturated rings. The fourth-order valence-electron chi connectivity index (χ4n) is 6.29. The summed E-state index contributed by atoms with van der Waals surface area (Å²) in [5.74, 6) is 0.893. The number of piperidine rings is 1. The Balaban J connectivity index is 1.44. The van der Waals surface area contributed by atoms with Gasteiger partial charge in [0, 0.05) is 37.1 Å². The van der Waals surface area contributed by atoms with Gasteiger partial charge in [0.25, 0.3) is 11.5 Å². The van der Waals surface area contributed by atoms with Crippen LogP contribution >= 0.6 is 0 Å². The number of hydrogen-bond donors (Lipinski definition) is 3. The third kappa shape index (κ3) is 5.55. The van der Waals surface area contributed by atoms with Crippen LogP contribution in [0.5, 0.6) is 0 Å². The van der Waals surface area contributed by atoms with Crippen molar-refractivity contribution >= 4 is 34.4 Å². The molecular formula is C30H40N6O5. The van der Waals surface area contributed by atoms with Crippen LogP contribution in [0.3, 0.4) is 0 Å². The van der Waals surface area contributed by atoms with Crippen molar-refractivity contribution in [1.82, 2.24) is 24.6 Å². The Morgan fingerprint density at radius 1 is 1.22 bits per heavy atom. The third-order valence-electron chi connectivity index (χ3n) is 8.63. The van der Waals surface area contributed by atoms with Gasteiger partial charge in [0.2, 0.25) is 0 Å². The van der Waals surface area contributed by atoms with E-state index in [9.17, 15) is 19.5 Å². The summed E-state index contributed by atoms with van der Waals surface area (Å²) >= 11 is 0. The third-order valence-corrected chi connectivity index (χ3v) is 8.63. The first-order chi connectivity index (χ1) is 19.6. The van der Waals surface area contributed by atoms with Gasteiger partial charge < -0.3 is 29.9 Å². The minimum atomic E-state index is -0.916. The van der Waals surface area contributed by atoms with Crippen molar-refractivity contribution in [3.63, 3.8) is 0 Å². The Labute approximate surface area is 239 Å². The maximum Gasteiger partial charge on any atom is 0.407 e. The highest BCUT2D eigenvalue weighted by Gasteiger charge is 2.39. The molecule has 1 aromatic carbocycles. The average Bonchev–Trinajstić information content (AvgIpc) is 3.32. The lowest BCUT2D eigenvalue weighted by molar-refractivity contribution is -0.00750. The number of anilines is 2. The van der Waals surface area contributed by atoms with Crippen LogP contribution in [0.2, 0.25) is 0 Å². The minimum Gasteiger partial charge on any atom is -0.465 e. The second-order valence-corrected chi connectivity index (χ2v) is 11.7. The van der Waals surface area contributed by atoms with Gasteiger partial charge in [-0.3, -0.25) is 14.3 Å². The number of aromatic amines is 1. The highest BCUT2D eigenvalue weighted by atomic mass is 16.5. The van der Waals surface area contributed by atoms with Crippen LogP contribution in [0, 0.1) is 12.8 Å². The summed E-state index contributed by atoms with van der Waals surface area (Å²) in [6, 6.07) is 7.50. The number of aryl methyl sites for hydroxylation is 1. The summed E-state index contributed by atoms with van der Waals surface area (Å²) in [4.78, 5) is 44.2. The number of ether oxygens (including phenoxy) is 1. The van der Waals surface area contributed by atoms with Crippen LogP contribution in [-0.2, 0) is 10.3 Å². The highest BCUT2D eigenvalue weighted by Crippen LogP contribution is 2.37. The van der Waals surface area contributed by atoms with Gasteiger partial charge in [0.05, 0.1) is 30.3 Å². The standard InChI is InChI=1S/C30H40N6O5/c1-5-30(9-12-34(13-10-30)29(39)40)36-24-8-11-31-27(37)25(24)26(33-36)32-21-6-7-23(20(4)17-21)28(38)35-14-15-41-18-22(35)16-19(2)3/h6-8,11,17,19,22H,5,9-10,12-16,18H2,1-4H3,(H,31,37)(H,32,33)(H,39,40). The van der Waals surface area contributed by atoms with Crippen LogP contribution in [-0.4, -0.2) is 80.6 Å². The molecule has 41 heavy (non-hydrogen) atoms. The molecule has 0 saturated carbocycles. The van der Waals surface area contributed by atoms with Crippen LogP contribution in [0.15, 0.2) is 35.3 Å². The zero-order valence-corrected chi connectivity index (χ0v) is 24.3. The summed E-state index contributed by atoms with van der Waals surface area (Å²) in [5, 5.41) is 18.1. The fourth-order valence-corrected chi connectivity index (χ4v) is 6.29. The van der Waals surface area contributed by atoms with E-state index in [0.29, 0.717) is 73.9 Å². The molecule has 2 saturated heterocycles. The van der Waals surface area contributed by atoms with E-state index in [1.54, 1.807) is 6.20 Å². The SMILES string of the molecule is CCC1(n2nc(Nc3ccc(C(=O)N4CCOCC4CC(C)C)c(C)c3)c3c(=O)[nH]ccc32)CCN(C(=O)O)CC1.